The number of aromatic nitrogens is 1. The van der Waals surface area contributed by atoms with Crippen molar-refractivity contribution < 1.29 is 9.53 Å². The zero-order valence-electron chi connectivity index (χ0n) is 17.8. The second kappa shape index (κ2) is 9.51. The van der Waals surface area contributed by atoms with Crippen LogP contribution in [0.15, 0.2) is 48.5 Å². The maximum atomic E-state index is 12.7. The Labute approximate surface area is 192 Å². The number of nitrogens with one attached hydrogen (secondary N) is 1. The molecule has 0 aliphatic carbocycles. The number of amides is 1. The van der Waals surface area contributed by atoms with Crippen molar-refractivity contribution in [1.29, 1.82) is 0 Å². The average Bonchev–Trinajstić information content (AvgIpc) is 3.04. The second-order valence-corrected chi connectivity index (χ2v) is 9.22. The third-order valence-corrected chi connectivity index (χ3v) is 6.25. The van der Waals surface area contributed by atoms with Crippen molar-refractivity contribution in [2.45, 2.75) is 45.3 Å². The molecule has 1 aromatic heterocycles. The van der Waals surface area contributed by atoms with Gasteiger partial charge < -0.3 is 19.5 Å². The number of rotatable bonds is 5. The van der Waals surface area contributed by atoms with Gasteiger partial charge in [-0.1, -0.05) is 41.4 Å². The first-order valence-corrected chi connectivity index (χ1v) is 11.4. The number of carbonyl (C=O) groups is 1. The molecule has 3 aromatic rings. The van der Waals surface area contributed by atoms with Crippen LogP contribution < -0.4 is 10.1 Å². The van der Waals surface area contributed by atoms with Gasteiger partial charge in [0.05, 0.1) is 12.1 Å². The predicted octanol–water partition coefficient (Wildman–Crippen LogP) is 5.96. The Morgan fingerprint density at radius 1 is 1.10 bits per heavy atom. The van der Waals surface area contributed by atoms with E-state index in [2.05, 4.69) is 24.1 Å². The first-order chi connectivity index (χ1) is 14.9. The monoisotopic (exact) mass is 459 g/mol. The molecule has 1 fully saturated rings. The van der Waals surface area contributed by atoms with Gasteiger partial charge in [0.25, 0.3) is 0 Å². The first-order valence-electron chi connectivity index (χ1n) is 10.6. The van der Waals surface area contributed by atoms with Gasteiger partial charge in [0, 0.05) is 46.7 Å². The maximum absolute atomic E-state index is 12.7. The van der Waals surface area contributed by atoms with Gasteiger partial charge in [-0.2, -0.15) is 0 Å². The number of hydrogen-bond acceptors (Lipinski definition) is 3. The van der Waals surface area contributed by atoms with Crippen molar-refractivity contribution in [2.75, 3.05) is 13.1 Å². The molecule has 0 unspecified atom stereocenters. The minimum absolute atomic E-state index is 0.132. The smallest absolute Gasteiger partial charge is 0.393 e. The van der Waals surface area contributed by atoms with Crippen LogP contribution >= 0.6 is 23.2 Å². The van der Waals surface area contributed by atoms with Gasteiger partial charge in [0.1, 0.15) is 0 Å². The zero-order valence-corrected chi connectivity index (χ0v) is 19.3. The van der Waals surface area contributed by atoms with Gasteiger partial charge in [0.15, 0.2) is 0 Å². The molecule has 0 bridgehead atoms. The summed E-state index contributed by atoms with van der Waals surface area (Å²) in [6, 6.07) is 15.9. The Kier molecular flexibility index (Phi) is 6.75. The molecule has 0 spiro atoms. The first kappa shape index (κ1) is 22.0. The molecule has 2 aromatic carbocycles. The standard InChI is InChI=1S/C24H27Cl2N3O2/c1-16(2)28-9-7-21(8-10-28)27-24(30)31-23-13-18-5-3-4-6-22(18)29(23)15-17-11-19(25)14-20(26)12-17/h3-6,11-14,16,21H,7-10,15H2,1-2H3,(H,27,30). The molecule has 4 rings (SSSR count). The van der Waals surface area contributed by atoms with Gasteiger partial charge in [0.2, 0.25) is 5.88 Å². The summed E-state index contributed by atoms with van der Waals surface area (Å²) < 4.78 is 7.74. The highest BCUT2D eigenvalue weighted by atomic mass is 35.5. The molecule has 5 nitrogen and oxygen atoms in total. The summed E-state index contributed by atoms with van der Waals surface area (Å²) in [4.78, 5) is 15.1. The molecule has 1 saturated heterocycles. The molecule has 0 saturated carbocycles. The molecule has 1 aliphatic heterocycles. The van der Waals surface area contributed by atoms with E-state index in [1.807, 2.05) is 47.0 Å². The number of fused-ring (bicyclic) bond motifs is 1. The summed E-state index contributed by atoms with van der Waals surface area (Å²) in [5.74, 6) is 0.495. The Bertz CT molecular complexity index is 1050. The number of ether oxygens (including phenoxy) is 1. The Morgan fingerprint density at radius 2 is 1.77 bits per heavy atom. The van der Waals surface area contributed by atoms with Crippen molar-refractivity contribution in [3.8, 4) is 5.88 Å². The Balaban J connectivity index is 1.51. The zero-order chi connectivity index (χ0) is 22.0. The number of carbonyl (C=O) groups excluding carboxylic acids is 1. The van der Waals surface area contributed by atoms with Crippen molar-refractivity contribution in [3.63, 3.8) is 0 Å². The number of para-hydroxylation sites is 1. The highest BCUT2D eigenvalue weighted by molar-refractivity contribution is 6.34. The average molecular weight is 460 g/mol. The lowest BCUT2D eigenvalue weighted by Gasteiger charge is -2.34. The third-order valence-electron chi connectivity index (χ3n) is 5.81. The molecule has 1 amide bonds. The van der Waals surface area contributed by atoms with Gasteiger partial charge in [-0.15, -0.1) is 0 Å². The topological polar surface area (TPSA) is 46.5 Å². The van der Waals surface area contributed by atoms with Crippen LogP contribution in [0, 0.1) is 0 Å². The van der Waals surface area contributed by atoms with Gasteiger partial charge >= 0.3 is 6.09 Å². The number of hydrogen-bond donors (Lipinski definition) is 1. The van der Waals surface area contributed by atoms with E-state index in [9.17, 15) is 4.79 Å². The van der Waals surface area contributed by atoms with Crippen LogP contribution in [0.25, 0.3) is 10.9 Å². The predicted molar refractivity (Wildman–Crippen MR) is 126 cm³/mol. The van der Waals surface area contributed by atoms with E-state index in [0.717, 1.165) is 42.4 Å². The van der Waals surface area contributed by atoms with E-state index in [0.29, 0.717) is 28.5 Å². The fourth-order valence-corrected chi connectivity index (χ4v) is 4.74. The Hall–Kier alpha value is -2.21. The molecule has 164 valence electrons. The fraction of sp³-hybridized carbons (Fsp3) is 0.375. The highest BCUT2D eigenvalue weighted by Crippen LogP contribution is 2.28. The molecule has 1 aliphatic rings. The van der Waals surface area contributed by atoms with E-state index in [1.165, 1.54) is 0 Å². The minimum atomic E-state index is -0.420. The summed E-state index contributed by atoms with van der Waals surface area (Å²) in [7, 11) is 0. The van der Waals surface area contributed by atoms with Gasteiger partial charge in [-0.25, -0.2) is 4.79 Å². The van der Waals surface area contributed by atoms with Gasteiger partial charge in [-0.05, 0) is 56.5 Å². The van der Waals surface area contributed by atoms with Crippen molar-refractivity contribution in [2.24, 2.45) is 0 Å². The number of benzene rings is 2. The number of piperidine rings is 1. The molecular formula is C24H27Cl2N3O2. The minimum Gasteiger partial charge on any atom is -0.393 e. The van der Waals surface area contributed by atoms with Crippen LogP contribution in [-0.2, 0) is 6.54 Å². The molecule has 0 atom stereocenters. The van der Waals surface area contributed by atoms with Crippen molar-refractivity contribution in [3.05, 3.63) is 64.1 Å². The van der Waals surface area contributed by atoms with Crippen LogP contribution in [0.3, 0.4) is 0 Å². The summed E-state index contributed by atoms with van der Waals surface area (Å²) in [5.41, 5.74) is 1.91. The maximum Gasteiger partial charge on any atom is 0.414 e. The number of likely N-dealkylation sites (tertiary alicyclic amines) is 1. The lowest BCUT2D eigenvalue weighted by atomic mass is 10.0. The fourth-order valence-electron chi connectivity index (χ4n) is 4.17. The molecule has 31 heavy (non-hydrogen) atoms. The van der Waals surface area contributed by atoms with E-state index in [1.54, 1.807) is 6.07 Å². The number of nitrogens with zero attached hydrogens (tertiary/aromatic N) is 2. The largest absolute Gasteiger partial charge is 0.414 e. The van der Waals surface area contributed by atoms with E-state index < -0.39 is 6.09 Å². The normalized spacial score (nSPS) is 15.5. The van der Waals surface area contributed by atoms with Crippen LogP contribution in [0.4, 0.5) is 4.79 Å². The Morgan fingerprint density at radius 3 is 2.45 bits per heavy atom. The summed E-state index contributed by atoms with van der Waals surface area (Å²) in [6.45, 7) is 6.86. The highest BCUT2D eigenvalue weighted by Gasteiger charge is 2.23. The van der Waals surface area contributed by atoms with Crippen LogP contribution in [0.5, 0.6) is 5.88 Å². The lowest BCUT2D eigenvalue weighted by molar-refractivity contribution is 0.151. The summed E-state index contributed by atoms with van der Waals surface area (Å²) in [6.07, 6.45) is 1.44. The van der Waals surface area contributed by atoms with E-state index in [-0.39, 0.29) is 6.04 Å². The van der Waals surface area contributed by atoms with E-state index >= 15 is 0 Å². The summed E-state index contributed by atoms with van der Waals surface area (Å²) >= 11 is 12.4. The molecule has 1 N–H and O–H groups in total. The van der Waals surface area contributed by atoms with Crippen LogP contribution in [0.1, 0.15) is 32.3 Å². The SMILES string of the molecule is CC(C)N1CCC(NC(=O)Oc2cc3ccccc3n2Cc2cc(Cl)cc(Cl)c2)CC1. The van der Waals surface area contributed by atoms with Crippen molar-refractivity contribution >= 4 is 40.2 Å². The molecule has 0 radical (unpaired) electrons. The third kappa shape index (κ3) is 5.35. The molecule has 7 heteroatoms. The molecule has 2 heterocycles. The van der Waals surface area contributed by atoms with Crippen molar-refractivity contribution in [1.82, 2.24) is 14.8 Å². The number of halogens is 2. The second-order valence-electron chi connectivity index (χ2n) is 8.34. The van der Waals surface area contributed by atoms with Gasteiger partial charge in [-0.3, -0.25) is 0 Å². The lowest BCUT2D eigenvalue weighted by Crippen LogP contribution is -2.47. The van der Waals surface area contributed by atoms with Crippen LogP contribution in [0.2, 0.25) is 10.0 Å². The van der Waals surface area contributed by atoms with E-state index in [4.69, 9.17) is 27.9 Å². The molecular weight excluding hydrogens is 433 g/mol. The van der Waals surface area contributed by atoms with Crippen LogP contribution in [-0.4, -0.2) is 40.7 Å². The summed E-state index contributed by atoms with van der Waals surface area (Å²) in [5, 5.41) is 5.19. The quantitative estimate of drug-likeness (QED) is 0.511.